The van der Waals surface area contributed by atoms with Crippen LogP contribution in [0.3, 0.4) is 0 Å². The topological polar surface area (TPSA) is 49.4 Å². The third-order valence-electron chi connectivity index (χ3n) is 3.83. The smallest absolute Gasteiger partial charge is 0.213 e. The summed E-state index contributed by atoms with van der Waals surface area (Å²) in [5, 5.41) is 3.34. The number of nitrogens with zero attached hydrogens (tertiary/aromatic N) is 1. The zero-order valence-corrected chi connectivity index (χ0v) is 11.4. The van der Waals surface area contributed by atoms with Gasteiger partial charge in [0.2, 0.25) is 10.0 Å². The normalized spacial score (nSPS) is 25.6. The molecule has 0 saturated carbocycles. The summed E-state index contributed by atoms with van der Waals surface area (Å²) in [4.78, 5) is 0. The number of hydrogen-bond acceptors (Lipinski definition) is 3. The van der Waals surface area contributed by atoms with Crippen molar-refractivity contribution in [1.82, 2.24) is 9.62 Å². The molecule has 4 nitrogen and oxygen atoms in total. The van der Waals surface area contributed by atoms with Crippen molar-refractivity contribution in [2.24, 2.45) is 5.41 Å². The van der Waals surface area contributed by atoms with Crippen molar-refractivity contribution in [2.75, 3.05) is 31.9 Å². The quantitative estimate of drug-likeness (QED) is 0.807. The lowest BCUT2D eigenvalue weighted by Crippen LogP contribution is -2.40. The summed E-state index contributed by atoms with van der Waals surface area (Å²) in [6.07, 6.45) is 3.30. The zero-order valence-electron chi connectivity index (χ0n) is 9.74. The predicted molar refractivity (Wildman–Crippen MR) is 67.4 cm³/mol. The number of sulfonamides is 1. The van der Waals surface area contributed by atoms with Gasteiger partial charge in [0.25, 0.3) is 0 Å². The van der Waals surface area contributed by atoms with Crippen molar-refractivity contribution in [3.63, 3.8) is 0 Å². The Bertz CT molecular complexity index is 326. The van der Waals surface area contributed by atoms with E-state index in [9.17, 15) is 8.42 Å². The van der Waals surface area contributed by atoms with Crippen molar-refractivity contribution < 1.29 is 8.42 Å². The van der Waals surface area contributed by atoms with Gasteiger partial charge in [-0.05, 0) is 44.7 Å². The molecule has 2 fully saturated rings. The van der Waals surface area contributed by atoms with Crippen LogP contribution < -0.4 is 5.32 Å². The Hall–Kier alpha value is 0.160. The molecule has 2 heterocycles. The van der Waals surface area contributed by atoms with E-state index in [1.165, 1.54) is 0 Å². The SMILES string of the molecule is CCS(=O)(=O)N1CCC2(CCNCC2)C1.Cl. The third kappa shape index (κ3) is 2.70. The molecule has 1 N–H and O–H groups in total. The lowest BCUT2D eigenvalue weighted by Gasteiger charge is -2.33. The molecule has 1 spiro atoms. The van der Waals surface area contributed by atoms with Gasteiger partial charge in [0, 0.05) is 13.1 Å². The van der Waals surface area contributed by atoms with E-state index in [1.54, 1.807) is 11.2 Å². The molecular formula is C10H21ClN2O2S. The van der Waals surface area contributed by atoms with Crippen molar-refractivity contribution in [1.29, 1.82) is 0 Å². The van der Waals surface area contributed by atoms with Gasteiger partial charge in [-0.1, -0.05) is 0 Å². The van der Waals surface area contributed by atoms with Crippen LogP contribution in [0.2, 0.25) is 0 Å². The summed E-state index contributed by atoms with van der Waals surface area (Å²) < 4.78 is 25.2. The first-order chi connectivity index (χ1) is 7.08. The molecule has 0 aromatic heterocycles. The third-order valence-corrected chi connectivity index (χ3v) is 5.65. The van der Waals surface area contributed by atoms with E-state index in [2.05, 4.69) is 5.32 Å². The highest BCUT2D eigenvalue weighted by atomic mass is 35.5. The Kier molecular flexibility index (Phi) is 4.63. The van der Waals surface area contributed by atoms with Crippen molar-refractivity contribution >= 4 is 22.4 Å². The van der Waals surface area contributed by atoms with Crippen LogP contribution in [0.25, 0.3) is 0 Å². The molecule has 96 valence electrons. The Morgan fingerprint density at radius 2 is 1.88 bits per heavy atom. The average molecular weight is 269 g/mol. The lowest BCUT2D eigenvalue weighted by molar-refractivity contribution is 0.218. The van der Waals surface area contributed by atoms with Crippen molar-refractivity contribution in [3.8, 4) is 0 Å². The monoisotopic (exact) mass is 268 g/mol. The second-order valence-corrected chi connectivity index (χ2v) is 6.99. The van der Waals surface area contributed by atoms with E-state index in [1.807, 2.05) is 0 Å². The van der Waals surface area contributed by atoms with Crippen LogP contribution in [-0.4, -0.2) is 44.7 Å². The Morgan fingerprint density at radius 1 is 1.25 bits per heavy atom. The van der Waals surface area contributed by atoms with E-state index < -0.39 is 10.0 Å². The van der Waals surface area contributed by atoms with Crippen LogP contribution in [0.1, 0.15) is 26.2 Å². The van der Waals surface area contributed by atoms with Gasteiger partial charge < -0.3 is 5.32 Å². The van der Waals surface area contributed by atoms with Gasteiger partial charge in [-0.3, -0.25) is 0 Å². The van der Waals surface area contributed by atoms with Gasteiger partial charge in [0.15, 0.2) is 0 Å². The van der Waals surface area contributed by atoms with Gasteiger partial charge in [-0.25, -0.2) is 12.7 Å². The number of hydrogen-bond donors (Lipinski definition) is 1. The fourth-order valence-electron chi connectivity index (χ4n) is 2.68. The summed E-state index contributed by atoms with van der Waals surface area (Å²) >= 11 is 0. The van der Waals surface area contributed by atoms with Gasteiger partial charge in [-0.2, -0.15) is 0 Å². The van der Waals surface area contributed by atoms with E-state index >= 15 is 0 Å². The second-order valence-electron chi connectivity index (χ2n) is 4.73. The molecule has 0 radical (unpaired) electrons. The first kappa shape index (κ1) is 14.2. The average Bonchev–Trinajstić information content (AvgIpc) is 2.64. The summed E-state index contributed by atoms with van der Waals surface area (Å²) in [7, 11) is -2.96. The van der Waals surface area contributed by atoms with Crippen LogP contribution in [0.15, 0.2) is 0 Å². The van der Waals surface area contributed by atoms with Crippen LogP contribution in [0, 0.1) is 5.41 Å². The van der Waals surface area contributed by atoms with Gasteiger partial charge in [0.1, 0.15) is 0 Å². The minimum absolute atomic E-state index is 0. The van der Waals surface area contributed by atoms with Gasteiger partial charge in [0.05, 0.1) is 5.75 Å². The highest BCUT2D eigenvalue weighted by molar-refractivity contribution is 7.89. The minimum Gasteiger partial charge on any atom is -0.317 e. The van der Waals surface area contributed by atoms with E-state index in [0.717, 1.165) is 45.4 Å². The minimum atomic E-state index is -2.96. The number of halogens is 1. The molecule has 2 aliphatic heterocycles. The van der Waals surface area contributed by atoms with Crippen molar-refractivity contribution in [2.45, 2.75) is 26.2 Å². The molecule has 2 aliphatic rings. The van der Waals surface area contributed by atoms with Crippen molar-refractivity contribution in [3.05, 3.63) is 0 Å². The van der Waals surface area contributed by atoms with Crippen LogP contribution >= 0.6 is 12.4 Å². The van der Waals surface area contributed by atoms with E-state index in [-0.39, 0.29) is 23.6 Å². The number of piperidine rings is 1. The number of rotatable bonds is 2. The first-order valence-electron chi connectivity index (χ1n) is 5.77. The zero-order chi connectivity index (χ0) is 10.9. The van der Waals surface area contributed by atoms with Crippen LogP contribution in [0.5, 0.6) is 0 Å². The van der Waals surface area contributed by atoms with Gasteiger partial charge >= 0.3 is 0 Å². The highest BCUT2D eigenvalue weighted by Gasteiger charge is 2.42. The van der Waals surface area contributed by atoms with Gasteiger partial charge in [-0.15, -0.1) is 12.4 Å². The first-order valence-corrected chi connectivity index (χ1v) is 7.37. The molecule has 2 rings (SSSR count). The molecule has 0 aliphatic carbocycles. The Balaban J connectivity index is 0.00000128. The molecule has 0 unspecified atom stereocenters. The largest absolute Gasteiger partial charge is 0.317 e. The standard InChI is InChI=1S/C10H20N2O2S.ClH/c1-2-15(13,14)12-8-5-10(9-12)3-6-11-7-4-10;/h11H,2-9H2,1H3;1H. The molecule has 0 bridgehead atoms. The molecule has 0 aromatic carbocycles. The molecule has 16 heavy (non-hydrogen) atoms. The molecular weight excluding hydrogens is 248 g/mol. The van der Waals surface area contributed by atoms with Crippen LogP contribution in [-0.2, 0) is 10.0 Å². The molecule has 6 heteroatoms. The lowest BCUT2D eigenvalue weighted by atomic mass is 9.78. The van der Waals surface area contributed by atoms with E-state index in [0.29, 0.717) is 0 Å². The maximum atomic E-state index is 11.7. The maximum absolute atomic E-state index is 11.7. The fraction of sp³-hybridized carbons (Fsp3) is 1.00. The molecule has 0 aromatic rings. The Morgan fingerprint density at radius 3 is 2.44 bits per heavy atom. The molecule has 0 atom stereocenters. The summed E-state index contributed by atoms with van der Waals surface area (Å²) in [6.45, 7) is 5.30. The van der Waals surface area contributed by atoms with Crippen LogP contribution in [0.4, 0.5) is 0 Å². The predicted octanol–water partition coefficient (Wildman–Crippen LogP) is 0.833. The summed E-state index contributed by atoms with van der Waals surface area (Å²) in [6, 6.07) is 0. The second kappa shape index (κ2) is 5.21. The maximum Gasteiger partial charge on any atom is 0.213 e. The molecule has 2 saturated heterocycles. The summed E-state index contributed by atoms with van der Waals surface area (Å²) in [5.41, 5.74) is 0.285. The summed E-state index contributed by atoms with van der Waals surface area (Å²) in [5.74, 6) is 0.237. The highest BCUT2D eigenvalue weighted by Crippen LogP contribution is 2.39. The number of nitrogens with one attached hydrogen (secondary N) is 1. The Labute approximate surface area is 104 Å². The molecule has 0 amide bonds. The van der Waals surface area contributed by atoms with E-state index in [4.69, 9.17) is 0 Å². The fourth-order valence-corrected chi connectivity index (χ4v) is 3.88.